The molecule has 4 heteroatoms. The number of carbonyl (C=O) groups excluding carboxylic acids is 2. The first kappa shape index (κ1) is 10.7. The summed E-state index contributed by atoms with van der Waals surface area (Å²) in [5, 5.41) is 2.54. The Balaban J connectivity index is 2.29. The van der Waals surface area contributed by atoms with Gasteiger partial charge in [0.25, 0.3) is 5.91 Å². The lowest BCUT2D eigenvalue weighted by Gasteiger charge is -2.24. The number of hydrogen-bond acceptors (Lipinski definition) is 2. The second kappa shape index (κ2) is 4.35. The van der Waals surface area contributed by atoms with Crippen molar-refractivity contribution in [2.45, 2.75) is 19.4 Å². The second-order valence-electron chi connectivity index (χ2n) is 3.76. The van der Waals surface area contributed by atoms with E-state index in [0.29, 0.717) is 0 Å². The zero-order chi connectivity index (χ0) is 11.5. The summed E-state index contributed by atoms with van der Waals surface area (Å²) in [6.45, 7) is 2.08. The predicted molar refractivity (Wildman–Crippen MR) is 59.7 cm³/mol. The van der Waals surface area contributed by atoms with Crippen LogP contribution in [0.3, 0.4) is 0 Å². The molecule has 4 nitrogen and oxygen atoms in total. The highest BCUT2D eigenvalue weighted by Crippen LogP contribution is 2.25. The summed E-state index contributed by atoms with van der Waals surface area (Å²) in [5.74, 6) is -0.152. The molecule has 1 saturated heterocycles. The molecular formula is C12H14N2O2. The van der Waals surface area contributed by atoms with Crippen molar-refractivity contribution in [3.63, 3.8) is 0 Å². The lowest BCUT2D eigenvalue weighted by molar-refractivity contribution is -0.126. The maximum Gasteiger partial charge on any atom is 0.325 e. The van der Waals surface area contributed by atoms with Gasteiger partial charge in [0.15, 0.2) is 0 Å². The van der Waals surface area contributed by atoms with Crippen LogP contribution in [0, 0.1) is 0 Å². The van der Waals surface area contributed by atoms with Gasteiger partial charge in [-0.05, 0) is 12.0 Å². The minimum atomic E-state index is -0.291. The molecule has 84 valence electrons. The lowest BCUT2D eigenvalue weighted by atomic mass is 10.0. The average Bonchev–Trinajstić information content (AvgIpc) is 2.63. The molecule has 3 amide bonds. The molecule has 2 rings (SSSR count). The largest absolute Gasteiger partial charge is 0.329 e. The molecule has 1 aliphatic heterocycles. The molecule has 0 bridgehead atoms. The fourth-order valence-electron chi connectivity index (χ4n) is 1.99. The van der Waals surface area contributed by atoms with Crippen LogP contribution in [-0.2, 0) is 4.79 Å². The molecule has 0 aliphatic carbocycles. The van der Waals surface area contributed by atoms with Crippen molar-refractivity contribution in [2.75, 3.05) is 6.54 Å². The number of rotatable bonds is 3. The first-order valence-corrected chi connectivity index (χ1v) is 5.39. The zero-order valence-corrected chi connectivity index (χ0v) is 9.14. The topological polar surface area (TPSA) is 49.4 Å². The van der Waals surface area contributed by atoms with Gasteiger partial charge in [-0.3, -0.25) is 9.69 Å². The SMILES string of the molecule is CCC(c1ccccc1)N1C(=O)CNC1=O. The van der Waals surface area contributed by atoms with E-state index in [1.165, 1.54) is 4.90 Å². The van der Waals surface area contributed by atoms with Crippen LogP contribution in [0.2, 0.25) is 0 Å². The van der Waals surface area contributed by atoms with Crippen LogP contribution < -0.4 is 5.32 Å². The van der Waals surface area contributed by atoms with Gasteiger partial charge in [-0.25, -0.2) is 4.79 Å². The molecule has 1 aliphatic rings. The van der Waals surface area contributed by atoms with Crippen molar-refractivity contribution < 1.29 is 9.59 Å². The Bertz CT molecular complexity index is 387. The normalized spacial score (nSPS) is 17.4. The molecule has 1 heterocycles. The van der Waals surface area contributed by atoms with E-state index in [0.717, 1.165) is 12.0 Å². The molecular weight excluding hydrogens is 204 g/mol. The van der Waals surface area contributed by atoms with E-state index >= 15 is 0 Å². The summed E-state index contributed by atoms with van der Waals surface area (Å²) in [4.78, 5) is 24.5. The van der Waals surface area contributed by atoms with Crippen molar-refractivity contribution in [1.29, 1.82) is 0 Å². The third kappa shape index (κ3) is 1.78. The van der Waals surface area contributed by atoms with Gasteiger partial charge in [0.1, 0.15) is 0 Å². The number of carbonyl (C=O) groups is 2. The minimum Gasteiger partial charge on any atom is -0.329 e. The van der Waals surface area contributed by atoms with Gasteiger partial charge >= 0.3 is 6.03 Å². The summed E-state index contributed by atoms with van der Waals surface area (Å²) in [5.41, 5.74) is 0.996. The van der Waals surface area contributed by atoms with Crippen LogP contribution in [0.1, 0.15) is 24.9 Å². The first-order chi connectivity index (χ1) is 7.74. The van der Waals surface area contributed by atoms with E-state index in [9.17, 15) is 9.59 Å². The zero-order valence-electron chi connectivity index (χ0n) is 9.14. The van der Waals surface area contributed by atoms with Gasteiger partial charge in [-0.2, -0.15) is 0 Å². The number of nitrogens with zero attached hydrogens (tertiary/aromatic N) is 1. The van der Waals surface area contributed by atoms with Gasteiger partial charge in [0.05, 0.1) is 12.6 Å². The molecule has 0 spiro atoms. The maximum atomic E-state index is 11.6. The Morgan fingerprint density at radius 3 is 2.50 bits per heavy atom. The van der Waals surface area contributed by atoms with Crippen molar-refractivity contribution in [1.82, 2.24) is 10.2 Å². The number of nitrogens with one attached hydrogen (secondary N) is 1. The average molecular weight is 218 g/mol. The highest BCUT2D eigenvalue weighted by molar-refractivity contribution is 6.02. The van der Waals surface area contributed by atoms with Gasteiger partial charge in [-0.15, -0.1) is 0 Å². The summed E-state index contributed by atoms with van der Waals surface area (Å²) >= 11 is 0. The van der Waals surface area contributed by atoms with E-state index in [1.54, 1.807) is 0 Å². The van der Waals surface area contributed by atoms with E-state index < -0.39 is 0 Å². The lowest BCUT2D eigenvalue weighted by Crippen LogP contribution is -2.34. The molecule has 0 aromatic heterocycles. The van der Waals surface area contributed by atoms with Gasteiger partial charge in [0.2, 0.25) is 0 Å². The van der Waals surface area contributed by atoms with Crippen LogP contribution in [0.25, 0.3) is 0 Å². The third-order valence-corrected chi connectivity index (χ3v) is 2.76. The number of hydrogen-bond donors (Lipinski definition) is 1. The fourth-order valence-corrected chi connectivity index (χ4v) is 1.99. The summed E-state index contributed by atoms with van der Waals surface area (Å²) in [6.07, 6.45) is 0.725. The van der Waals surface area contributed by atoms with Gasteiger partial charge < -0.3 is 5.32 Å². The van der Waals surface area contributed by atoms with E-state index in [-0.39, 0.29) is 24.5 Å². The van der Waals surface area contributed by atoms with Gasteiger partial charge in [0, 0.05) is 0 Å². The molecule has 1 aromatic rings. The van der Waals surface area contributed by atoms with Crippen LogP contribution in [0.4, 0.5) is 4.79 Å². The predicted octanol–water partition coefficient (Wildman–Crippen LogP) is 1.69. The Kier molecular flexibility index (Phi) is 2.90. The van der Waals surface area contributed by atoms with Crippen molar-refractivity contribution in [3.05, 3.63) is 35.9 Å². The monoisotopic (exact) mass is 218 g/mol. The Morgan fingerprint density at radius 1 is 1.31 bits per heavy atom. The molecule has 1 fully saturated rings. The molecule has 16 heavy (non-hydrogen) atoms. The molecule has 1 aromatic carbocycles. The van der Waals surface area contributed by atoms with E-state index in [1.807, 2.05) is 37.3 Å². The highest BCUT2D eigenvalue weighted by atomic mass is 16.2. The minimum absolute atomic E-state index is 0.113. The quantitative estimate of drug-likeness (QED) is 0.785. The summed E-state index contributed by atoms with van der Waals surface area (Å²) in [7, 11) is 0. The van der Waals surface area contributed by atoms with E-state index in [4.69, 9.17) is 0 Å². The van der Waals surface area contributed by atoms with E-state index in [2.05, 4.69) is 5.32 Å². The number of urea groups is 1. The molecule has 0 radical (unpaired) electrons. The highest BCUT2D eigenvalue weighted by Gasteiger charge is 2.34. The van der Waals surface area contributed by atoms with Crippen molar-refractivity contribution in [3.8, 4) is 0 Å². The van der Waals surface area contributed by atoms with Crippen LogP contribution in [-0.4, -0.2) is 23.4 Å². The van der Waals surface area contributed by atoms with Crippen LogP contribution in [0.15, 0.2) is 30.3 Å². The summed E-state index contributed by atoms with van der Waals surface area (Å²) in [6, 6.07) is 9.17. The van der Waals surface area contributed by atoms with Crippen LogP contribution >= 0.6 is 0 Å². The Labute approximate surface area is 94.2 Å². The third-order valence-electron chi connectivity index (χ3n) is 2.76. The number of imide groups is 1. The summed E-state index contributed by atoms with van der Waals surface area (Å²) < 4.78 is 0. The Hall–Kier alpha value is -1.84. The standard InChI is InChI=1S/C12H14N2O2/c1-2-10(9-6-4-3-5-7-9)14-11(15)8-13-12(14)16/h3-7,10H,2,8H2,1H3,(H,13,16). The van der Waals surface area contributed by atoms with Crippen LogP contribution in [0.5, 0.6) is 0 Å². The molecule has 0 saturated carbocycles. The Morgan fingerprint density at radius 2 is 2.00 bits per heavy atom. The molecule has 1 N–H and O–H groups in total. The van der Waals surface area contributed by atoms with Crippen molar-refractivity contribution >= 4 is 11.9 Å². The number of amides is 3. The second-order valence-corrected chi connectivity index (χ2v) is 3.76. The number of benzene rings is 1. The van der Waals surface area contributed by atoms with Crippen molar-refractivity contribution in [2.24, 2.45) is 0 Å². The van der Waals surface area contributed by atoms with Gasteiger partial charge in [-0.1, -0.05) is 37.3 Å². The molecule has 1 atom stereocenters. The fraction of sp³-hybridized carbons (Fsp3) is 0.333. The smallest absolute Gasteiger partial charge is 0.325 e. The molecule has 1 unspecified atom stereocenters. The first-order valence-electron chi connectivity index (χ1n) is 5.39. The maximum absolute atomic E-state index is 11.6.